The van der Waals surface area contributed by atoms with Crippen molar-refractivity contribution in [3.05, 3.63) is 0 Å². The maximum Gasteiger partial charge on any atom is 0.220 e. The third kappa shape index (κ3) is 6.23. The molecule has 2 atom stereocenters. The van der Waals surface area contributed by atoms with Crippen molar-refractivity contribution in [3.63, 3.8) is 0 Å². The van der Waals surface area contributed by atoms with Gasteiger partial charge in [-0.05, 0) is 63.6 Å². The summed E-state index contributed by atoms with van der Waals surface area (Å²) in [4.78, 5) is 14.4. The van der Waals surface area contributed by atoms with Crippen molar-refractivity contribution in [3.8, 4) is 0 Å². The first-order chi connectivity index (χ1) is 10.6. The van der Waals surface area contributed by atoms with Crippen LogP contribution in [0.5, 0.6) is 0 Å². The van der Waals surface area contributed by atoms with Crippen molar-refractivity contribution in [2.75, 3.05) is 39.3 Å². The lowest BCUT2D eigenvalue weighted by molar-refractivity contribution is -0.122. The minimum absolute atomic E-state index is 0.105. The predicted octanol–water partition coefficient (Wildman–Crippen LogP) is 0.975. The highest BCUT2D eigenvalue weighted by Crippen LogP contribution is 2.22. The van der Waals surface area contributed by atoms with Crippen LogP contribution in [0.15, 0.2) is 0 Å². The SMILES string of the molecule is CC(CC(=O)NCCCN1CCC(O)CC1)C1CCCNC1. The second-order valence-electron chi connectivity index (χ2n) is 7.06. The van der Waals surface area contributed by atoms with E-state index in [1.54, 1.807) is 0 Å². The van der Waals surface area contributed by atoms with Crippen molar-refractivity contribution in [1.29, 1.82) is 0 Å². The number of rotatable bonds is 7. The van der Waals surface area contributed by atoms with Crippen molar-refractivity contribution < 1.29 is 9.90 Å². The third-order valence-corrected chi connectivity index (χ3v) is 5.18. The van der Waals surface area contributed by atoms with Crippen LogP contribution in [0.1, 0.15) is 45.4 Å². The molecule has 2 saturated heterocycles. The number of likely N-dealkylation sites (tertiary alicyclic amines) is 1. The summed E-state index contributed by atoms with van der Waals surface area (Å²) in [5, 5.41) is 16.0. The van der Waals surface area contributed by atoms with E-state index in [-0.39, 0.29) is 12.0 Å². The van der Waals surface area contributed by atoms with E-state index in [2.05, 4.69) is 22.5 Å². The van der Waals surface area contributed by atoms with Crippen LogP contribution < -0.4 is 10.6 Å². The second kappa shape index (κ2) is 9.48. The number of amides is 1. The number of carbonyl (C=O) groups is 1. The molecule has 2 heterocycles. The predicted molar refractivity (Wildman–Crippen MR) is 88.7 cm³/mol. The van der Waals surface area contributed by atoms with Crippen molar-refractivity contribution >= 4 is 5.91 Å². The lowest BCUT2D eigenvalue weighted by Crippen LogP contribution is -2.38. The van der Waals surface area contributed by atoms with Crippen LogP contribution in [0.2, 0.25) is 0 Å². The van der Waals surface area contributed by atoms with Gasteiger partial charge in [-0.2, -0.15) is 0 Å². The molecule has 0 aromatic rings. The van der Waals surface area contributed by atoms with Crippen LogP contribution >= 0.6 is 0 Å². The van der Waals surface area contributed by atoms with E-state index in [9.17, 15) is 9.90 Å². The first-order valence-electron chi connectivity index (χ1n) is 9.03. The van der Waals surface area contributed by atoms with Crippen molar-refractivity contribution in [2.24, 2.45) is 11.8 Å². The molecule has 0 aliphatic carbocycles. The Kier molecular flexibility index (Phi) is 7.63. The van der Waals surface area contributed by atoms with Gasteiger partial charge in [-0.1, -0.05) is 6.92 Å². The molecule has 2 aliphatic rings. The maximum absolute atomic E-state index is 12.0. The van der Waals surface area contributed by atoms with E-state index in [4.69, 9.17) is 0 Å². The molecule has 1 amide bonds. The van der Waals surface area contributed by atoms with Gasteiger partial charge < -0.3 is 20.6 Å². The molecule has 5 nitrogen and oxygen atoms in total. The van der Waals surface area contributed by atoms with Crippen LogP contribution in [0.3, 0.4) is 0 Å². The number of aliphatic hydroxyl groups is 1. The molecule has 22 heavy (non-hydrogen) atoms. The number of hydrogen-bond acceptors (Lipinski definition) is 4. The lowest BCUT2D eigenvalue weighted by Gasteiger charge is -2.29. The van der Waals surface area contributed by atoms with Gasteiger partial charge in [-0.25, -0.2) is 0 Å². The van der Waals surface area contributed by atoms with Gasteiger partial charge in [0.25, 0.3) is 0 Å². The summed E-state index contributed by atoms with van der Waals surface area (Å²) < 4.78 is 0. The van der Waals surface area contributed by atoms with Crippen LogP contribution in [0, 0.1) is 11.8 Å². The number of nitrogens with one attached hydrogen (secondary N) is 2. The minimum atomic E-state index is -0.105. The largest absolute Gasteiger partial charge is 0.393 e. The van der Waals surface area contributed by atoms with E-state index in [0.29, 0.717) is 18.3 Å². The monoisotopic (exact) mass is 311 g/mol. The highest BCUT2D eigenvalue weighted by atomic mass is 16.3. The molecular weight excluding hydrogens is 278 g/mol. The summed E-state index contributed by atoms with van der Waals surface area (Å²) in [5.41, 5.74) is 0. The Labute approximate surface area is 134 Å². The summed E-state index contributed by atoms with van der Waals surface area (Å²) in [6.45, 7) is 8.17. The van der Waals surface area contributed by atoms with Crippen molar-refractivity contribution in [1.82, 2.24) is 15.5 Å². The number of piperidine rings is 2. The zero-order valence-electron chi connectivity index (χ0n) is 14.0. The molecule has 2 unspecified atom stereocenters. The van der Waals surface area contributed by atoms with Gasteiger partial charge in [0.05, 0.1) is 6.10 Å². The number of nitrogens with zero attached hydrogens (tertiary/aromatic N) is 1. The van der Waals surface area contributed by atoms with Crippen LogP contribution in [-0.4, -0.2) is 61.3 Å². The molecule has 5 heteroatoms. The molecule has 2 rings (SSSR count). The van der Waals surface area contributed by atoms with Gasteiger partial charge in [0.2, 0.25) is 5.91 Å². The highest BCUT2D eigenvalue weighted by Gasteiger charge is 2.22. The van der Waals surface area contributed by atoms with Crippen molar-refractivity contribution in [2.45, 2.75) is 51.6 Å². The summed E-state index contributed by atoms with van der Waals surface area (Å²) in [7, 11) is 0. The Hall–Kier alpha value is -0.650. The Balaban J connectivity index is 1.52. The number of hydrogen-bond donors (Lipinski definition) is 3. The summed E-state index contributed by atoms with van der Waals surface area (Å²) in [5.74, 6) is 1.32. The molecule has 3 N–H and O–H groups in total. The first-order valence-corrected chi connectivity index (χ1v) is 9.03. The average Bonchev–Trinajstić information content (AvgIpc) is 2.54. The number of carbonyl (C=O) groups excluding carboxylic acids is 1. The standard InChI is InChI=1S/C17H33N3O2/c1-14(15-4-2-7-18-13-15)12-17(22)19-8-3-9-20-10-5-16(21)6-11-20/h14-16,18,21H,2-13H2,1H3,(H,19,22). The molecule has 0 aromatic carbocycles. The first kappa shape index (κ1) is 17.7. The topological polar surface area (TPSA) is 64.6 Å². The third-order valence-electron chi connectivity index (χ3n) is 5.18. The highest BCUT2D eigenvalue weighted by molar-refractivity contribution is 5.76. The molecule has 0 saturated carbocycles. The Morgan fingerprint density at radius 1 is 1.36 bits per heavy atom. The molecule has 0 radical (unpaired) electrons. The van der Waals surface area contributed by atoms with E-state index < -0.39 is 0 Å². The van der Waals surface area contributed by atoms with Crippen LogP contribution in [0.25, 0.3) is 0 Å². The van der Waals surface area contributed by atoms with Gasteiger partial charge in [-0.15, -0.1) is 0 Å². The Morgan fingerprint density at radius 2 is 2.14 bits per heavy atom. The van der Waals surface area contributed by atoms with Gasteiger partial charge in [0, 0.05) is 26.1 Å². The van der Waals surface area contributed by atoms with E-state index in [1.165, 1.54) is 12.8 Å². The number of aliphatic hydroxyl groups excluding tert-OH is 1. The zero-order valence-corrected chi connectivity index (χ0v) is 14.0. The molecular formula is C17H33N3O2. The van der Waals surface area contributed by atoms with E-state index in [1.807, 2.05) is 0 Å². The summed E-state index contributed by atoms with van der Waals surface area (Å²) in [6.07, 6.45) is 5.82. The molecule has 2 aliphatic heterocycles. The fourth-order valence-corrected chi connectivity index (χ4v) is 3.57. The van der Waals surface area contributed by atoms with Gasteiger partial charge in [0.1, 0.15) is 0 Å². The van der Waals surface area contributed by atoms with Gasteiger partial charge in [0.15, 0.2) is 0 Å². The lowest BCUT2D eigenvalue weighted by atomic mass is 9.85. The van der Waals surface area contributed by atoms with E-state index in [0.717, 1.165) is 58.5 Å². The van der Waals surface area contributed by atoms with E-state index >= 15 is 0 Å². The van der Waals surface area contributed by atoms with Crippen LogP contribution in [-0.2, 0) is 4.79 Å². The average molecular weight is 311 g/mol. The van der Waals surface area contributed by atoms with Gasteiger partial charge in [-0.3, -0.25) is 4.79 Å². The molecule has 2 fully saturated rings. The Bertz CT molecular complexity index is 324. The molecule has 128 valence electrons. The Morgan fingerprint density at radius 3 is 2.82 bits per heavy atom. The quantitative estimate of drug-likeness (QED) is 0.613. The second-order valence-corrected chi connectivity index (χ2v) is 7.06. The normalized spacial score (nSPS) is 25.8. The minimum Gasteiger partial charge on any atom is -0.393 e. The molecule has 0 bridgehead atoms. The van der Waals surface area contributed by atoms with Crippen LogP contribution in [0.4, 0.5) is 0 Å². The fourth-order valence-electron chi connectivity index (χ4n) is 3.57. The van der Waals surface area contributed by atoms with Gasteiger partial charge >= 0.3 is 0 Å². The molecule has 0 spiro atoms. The molecule has 0 aromatic heterocycles. The summed E-state index contributed by atoms with van der Waals surface area (Å²) >= 11 is 0. The zero-order chi connectivity index (χ0) is 15.8. The maximum atomic E-state index is 12.0. The summed E-state index contributed by atoms with van der Waals surface area (Å²) in [6, 6.07) is 0. The fraction of sp³-hybridized carbons (Fsp3) is 0.941. The smallest absolute Gasteiger partial charge is 0.220 e.